The second-order valence-electron chi connectivity index (χ2n) is 4.51. The monoisotopic (exact) mass is 253 g/mol. The van der Waals surface area contributed by atoms with E-state index in [9.17, 15) is 0 Å². The molecule has 1 saturated carbocycles. The Hall–Kier alpha value is -0.340. The van der Waals surface area contributed by atoms with Gasteiger partial charge >= 0.3 is 0 Å². The largest absolute Gasteiger partial charge is 0.312 e. The zero-order chi connectivity index (χ0) is 10.0. The highest BCUT2D eigenvalue weighted by Gasteiger charge is 2.36. The Morgan fingerprint density at radius 2 is 2.07 bits per heavy atom. The van der Waals surface area contributed by atoms with Gasteiger partial charge in [-0.15, -0.1) is 0 Å². The molecule has 1 aliphatic carbocycles. The average Bonchev–Trinajstić information content (AvgIpc) is 2.88. The summed E-state index contributed by atoms with van der Waals surface area (Å²) in [7, 11) is 0. The summed E-state index contributed by atoms with van der Waals surface area (Å²) in [6.07, 6.45) is 2.77. The van der Waals surface area contributed by atoms with Crippen molar-refractivity contribution in [3.05, 3.63) is 34.3 Å². The lowest BCUT2D eigenvalue weighted by Gasteiger charge is -2.10. The summed E-state index contributed by atoms with van der Waals surface area (Å²) in [5.41, 5.74) is 1.94. The molecule has 0 unspecified atom stereocenters. The van der Waals surface area contributed by atoms with E-state index in [1.165, 1.54) is 22.9 Å². The fourth-order valence-electron chi connectivity index (χ4n) is 1.53. The molecule has 1 aromatic carbocycles. The molecule has 0 amide bonds. The number of nitrogens with one attached hydrogen (secondary N) is 1. The summed E-state index contributed by atoms with van der Waals surface area (Å²) in [5.74, 6) is 0. The minimum Gasteiger partial charge on any atom is -0.312 e. The second kappa shape index (κ2) is 4.03. The van der Waals surface area contributed by atoms with Crippen LogP contribution in [-0.4, -0.2) is 6.54 Å². The van der Waals surface area contributed by atoms with Crippen molar-refractivity contribution in [3.63, 3.8) is 0 Å². The van der Waals surface area contributed by atoms with Crippen LogP contribution in [0.15, 0.2) is 28.7 Å². The van der Waals surface area contributed by atoms with E-state index in [1.54, 1.807) is 0 Å². The lowest BCUT2D eigenvalue weighted by molar-refractivity contribution is 0.499. The van der Waals surface area contributed by atoms with Gasteiger partial charge in [-0.2, -0.15) is 0 Å². The van der Waals surface area contributed by atoms with Gasteiger partial charge in [0.1, 0.15) is 0 Å². The van der Waals surface area contributed by atoms with Crippen LogP contribution in [0, 0.1) is 5.41 Å². The van der Waals surface area contributed by atoms with Gasteiger partial charge < -0.3 is 5.32 Å². The summed E-state index contributed by atoms with van der Waals surface area (Å²) in [6.45, 7) is 4.46. The molecule has 2 heteroatoms. The molecule has 0 saturated heterocycles. The number of halogens is 1. The smallest absolute Gasteiger partial charge is 0.0220 e. The third kappa shape index (κ3) is 2.58. The van der Waals surface area contributed by atoms with Crippen LogP contribution in [0.2, 0.25) is 0 Å². The minimum atomic E-state index is 0.598. The molecule has 0 aliphatic heterocycles. The van der Waals surface area contributed by atoms with Crippen LogP contribution in [0.1, 0.15) is 25.3 Å². The van der Waals surface area contributed by atoms with Crippen LogP contribution in [0.5, 0.6) is 0 Å². The molecule has 0 bridgehead atoms. The van der Waals surface area contributed by atoms with Crippen molar-refractivity contribution in [2.75, 3.05) is 6.54 Å². The molecule has 1 N–H and O–H groups in total. The van der Waals surface area contributed by atoms with Crippen LogP contribution in [0.3, 0.4) is 0 Å². The van der Waals surface area contributed by atoms with Gasteiger partial charge in [-0.25, -0.2) is 0 Å². The van der Waals surface area contributed by atoms with E-state index in [4.69, 9.17) is 0 Å². The molecule has 1 nitrogen and oxygen atoms in total. The maximum absolute atomic E-state index is 3.55. The molecular weight excluding hydrogens is 238 g/mol. The molecule has 0 aromatic heterocycles. The van der Waals surface area contributed by atoms with Gasteiger partial charge in [0.2, 0.25) is 0 Å². The Balaban J connectivity index is 1.83. The van der Waals surface area contributed by atoms with E-state index in [-0.39, 0.29) is 0 Å². The molecule has 2 rings (SSSR count). The van der Waals surface area contributed by atoms with Crippen LogP contribution in [0.25, 0.3) is 0 Å². The normalized spacial score (nSPS) is 18.1. The number of benzene rings is 1. The van der Waals surface area contributed by atoms with Crippen LogP contribution in [-0.2, 0) is 6.54 Å². The summed E-state index contributed by atoms with van der Waals surface area (Å²) in [4.78, 5) is 0. The molecule has 0 spiro atoms. The van der Waals surface area contributed by atoms with Crippen molar-refractivity contribution in [2.24, 2.45) is 5.41 Å². The highest BCUT2D eigenvalue weighted by Crippen LogP contribution is 2.44. The summed E-state index contributed by atoms with van der Waals surface area (Å²) >= 11 is 3.55. The lowest BCUT2D eigenvalue weighted by Crippen LogP contribution is -2.21. The number of hydrogen-bond acceptors (Lipinski definition) is 1. The fourth-order valence-corrected chi connectivity index (χ4v) is 1.96. The predicted molar refractivity (Wildman–Crippen MR) is 63.2 cm³/mol. The SMILES string of the molecule is CC1(CNCc2ccccc2Br)CC1. The summed E-state index contributed by atoms with van der Waals surface area (Å²) in [6, 6.07) is 8.39. The van der Waals surface area contributed by atoms with Crippen molar-refractivity contribution in [3.8, 4) is 0 Å². The van der Waals surface area contributed by atoms with Crippen LogP contribution in [0.4, 0.5) is 0 Å². The maximum Gasteiger partial charge on any atom is 0.0220 e. The topological polar surface area (TPSA) is 12.0 Å². The van der Waals surface area contributed by atoms with E-state index in [1.807, 2.05) is 0 Å². The molecule has 0 atom stereocenters. The van der Waals surface area contributed by atoms with Gasteiger partial charge in [0.05, 0.1) is 0 Å². The van der Waals surface area contributed by atoms with Crippen molar-refractivity contribution < 1.29 is 0 Å². The van der Waals surface area contributed by atoms with Crippen molar-refractivity contribution in [2.45, 2.75) is 26.3 Å². The molecule has 1 aromatic rings. The van der Waals surface area contributed by atoms with Crippen LogP contribution < -0.4 is 5.32 Å². The standard InChI is InChI=1S/C12H16BrN/c1-12(6-7-12)9-14-8-10-4-2-3-5-11(10)13/h2-5,14H,6-9H2,1H3. The third-order valence-corrected chi connectivity index (χ3v) is 3.70. The summed E-state index contributed by atoms with van der Waals surface area (Å²) < 4.78 is 1.20. The van der Waals surface area contributed by atoms with Gasteiger partial charge in [0.15, 0.2) is 0 Å². The zero-order valence-corrected chi connectivity index (χ0v) is 10.1. The highest BCUT2D eigenvalue weighted by molar-refractivity contribution is 9.10. The molecular formula is C12H16BrN. The number of rotatable bonds is 4. The van der Waals surface area contributed by atoms with Crippen molar-refractivity contribution in [1.82, 2.24) is 5.32 Å². The Kier molecular flexibility index (Phi) is 2.93. The molecule has 1 aliphatic rings. The van der Waals surface area contributed by atoms with Crippen molar-refractivity contribution >= 4 is 15.9 Å². The number of hydrogen-bond donors (Lipinski definition) is 1. The van der Waals surface area contributed by atoms with Gasteiger partial charge in [-0.05, 0) is 29.9 Å². The van der Waals surface area contributed by atoms with Gasteiger partial charge in [0.25, 0.3) is 0 Å². The maximum atomic E-state index is 3.55. The third-order valence-electron chi connectivity index (χ3n) is 2.93. The minimum absolute atomic E-state index is 0.598. The summed E-state index contributed by atoms with van der Waals surface area (Å²) in [5, 5.41) is 3.51. The Morgan fingerprint density at radius 3 is 2.71 bits per heavy atom. The first-order chi connectivity index (χ1) is 6.70. The first-order valence-corrected chi connectivity index (χ1v) is 5.93. The zero-order valence-electron chi connectivity index (χ0n) is 8.52. The highest BCUT2D eigenvalue weighted by atomic mass is 79.9. The fraction of sp³-hybridized carbons (Fsp3) is 0.500. The van der Waals surface area contributed by atoms with Gasteiger partial charge in [0, 0.05) is 17.6 Å². The van der Waals surface area contributed by atoms with Crippen LogP contribution >= 0.6 is 15.9 Å². The van der Waals surface area contributed by atoms with E-state index in [2.05, 4.69) is 52.4 Å². The quantitative estimate of drug-likeness (QED) is 0.868. The molecule has 14 heavy (non-hydrogen) atoms. The Labute approximate surface area is 94.0 Å². The molecule has 0 heterocycles. The van der Waals surface area contributed by atoms with Crippen molar-refractivity contribution in [1.29, 1.82) is 0 Å². The second-order valence-corrected chi connectivity index (χ2v) is 5.36. The Bertz CT molecular complexity index is 318. The van der Waals surface area contributed by atoms with Gasteiger partial charge in [-0.1, -0.05) is 41.1 Å². The van der Waals surface area contributed by atoms with E-state index >= 15 is 0 Å². The van der Waals surface area contributed by atoms with E-state index in [0.29, 0.717) is 5.41 Å². The first-order valence-electron chi connectivity index (χ1n) is 5.14. The van der Waals surface area contributed by atoms with Gasteiger partial charge in [-0.3, -0.25) is 0 Å². The molecule has 76 valence electrons. The Morgan fingerprint density at radius 1 is 1.36 bits per heavy atom. The van der Waals surface area contributed by atoms with E-state index in [0.717, 1.165) is 13.1 Å². The first kappa shape index (κ1) is 10.2. The van der Waals surface area contributed by atoms with E-state index < -0.39 is 0 Å². The molecule has 1 fully saturated rings. The predicted octanol–water partition coefficient (Wildman–Crippen LogP) is 3.34. The molecule has 0 radical (unpaired) electrons. The lowest BCUT2D eigenvalue weighted by atomic mass is 10.1. The average molecular weight is 254 g/mol.